The lowest BCUT2D eigenvalue weighted by atomic mass is 10.1. The summed E-state index contributed by atoms with van der Waals surface area (Å²) in [6, 6.07) is 13.4. The second kappa shape index (κ2) is 7.45. The highest BCUT2D eigenvalue weighted by atomic mass is 16.4. The molecular weight excluding hydrogens is 292 g/mol. The molecule has 23 heavy (non-hydrogen) atoms. The van der Waals surface area contributed by atoms with Crippen LogP contribution in [0.5, 0.6) is 0 Å². The molecule has 0 saturated heterocycles. The summed E-state index contributed by atoms with van der Waals surface area (Å²) in [6.45, 7) is 5.97. The second-order valence-electron chi connectivity index (χ2n) is 5.01. The van der Waals surface area contributed by atoms with Crippen molar-refractivity contribution in [2.45, 2.75) is 13.8 Å². The molecule has 120 valence electrons. The van der Waals surface area contributed by atoms with Crippen molar-refractivity contribution in [3.05, 3.63) is 59.7 Å². The molecule has 0 spiro atoms. The molecule has 0 aliphatic carbocycles. The van der Waals surface area contributed by atoms with Gasteiger partial charge in [0.15, 0.2) is 0 Å². The molecule has 5 nitrogen and oxygen atoms in total. The number of anilines is 2. The molecule has 1 amide bonds. The van der Waals surface area contributed by atoms with Crippen LogP contribution >= 0.6 is 0 Å². The lowest BCUT2D eigenvalue weighted by molar-refractivity contribution is -0.255. The first-order valence-electron chi connectivity index (χ1n) is 7.53. The van der Waals surface area contributed by atoms with E-state index in [4.69, 9.17) is 0 Å². The molecule has 0 fully saturated rings. The first-order valence-corrected chi connectivity index (χ1v) is 7.53. The number of hydrogen-bond donors (Lipinski definition) is 1. The predicted octanol–water partition coefficient (Wildman–Crippen LogP) is 2.15. The van der Waals surface area contributed by atoms with Gasteiger partial charge in [-0.3, -0.25) is 4.79 Å². The number of carbonyl (C=O) groups is 2. The number of benzene rings is 2. The monoisotopic (exact) mass is 311 g/mol. The molecule has 0 heterocycles. The van der Waals surface area contributed by atoms with E-state index >= 15 is 0 Å². The Morgan fingerprint density at radius 3 is 2.04 bits per heavy atom. The fraction of sp³-hybridized carbons (Fsp3) is 0.222. The van der Waals surface area contributed by atoms with Gasteiger partial charge in [-0.05, 0) is 44.2 Å². The van der Waals surface area contributed by atoms with Gasteiger partial charge in [0.1, 0.15) is 0 Å². The molecular formula is C18H19N2O3-. The predicted molar refractivity (Wildman–Crippen MR) is 88.7 cm³/mol. The van der Waals surface area contributed by atoms with E-state index < -0.39 is 11.9 Å². The average molecular weight is 311 g/mol. The maximum atomic E-state index is 12.3. The SMILES string of the molecule is CCN(CC)c1ccc(NC(=O)c2ccccc2C(=O)[O-])cc1. The molecule has 2 rings (SSSR count). The Labute approximate surface area is 135 Å². The van der Waals surface area contributed by atoms with Crippen LogP contribution in [0.25, 0.3) is 0 Å². The lowest BCUT2D eigenvalue weighted by Crippen LogP contribution is -2.26. The standard InChI is InChI=1S/C18H20N2O3/c1-3-20(4-2)14-11-9-13(10-12-14)19-17(21)15-7-5-6-8-16(15)18(22)23/h5-12H,3-4H2,1-2H3,(H,19,21)(H,22,23)/p-1. The maximum absolute atomic E-state index is 12.3. The molecule has 0 aromatic heterocycles. The lowest BCUT2D eigenvalue weighted by Gasteiger charge is -2.21. The van der Waals surface area contributed by atoms with Crippen molar-refractivity contribution in [1.82, 2.24) is 0 Å². The van der Waals surface area contributed by atoms with Crippen molar-refractivity contribution >= 4 is 23.3 Å². The van der Waals surface area contributed by atoms with Crippen molar-refractivity contribution in [3.8, 4) is 0 Å². The Balaban J connectivity index is 2.16. The molecule has 0 saturated carbocycles. The third-order valence-electron chi connectivity index (χ3n) is 3.65. The van der Waals surface area contributed by atoms with E-state index in [-0.39, 0.29) is 11.1 Å². The van der Waals surface area contributed by atoms with Crippen LogP contribution in [0.4, 0.5) is 11.4 Å². The number of carbonyl (C=O) groups excluding carboxylic acids is 2. The molecule has 0 bridgehead atoms. The summed E-state index contributed by atoms with van der Waals surface area (Å²) in [6.07, 6.45) is 0. The normalized spacial score (nSPS) is 10.2. The van der Waals surface area contributed by atoms with Gasteiger partial charge in [-0.2, -0.15) is 0 Å². The Hall–Kier alpha value is -2.82. The van der Waals surface area contributed by atoms with Gasteiger partial charge in [-0.1, -0.05) is 18.2 Å². The molecule has 0 atom stereocenters. The van der Waals surface area contributed by atoms with Crippen LogP contribution in [0.15, 0.2) is 48.5 Å². The van der Waals surface area contributed by atoms with Gasteiger partial charge in [0.05, 0.1) is 5.97 Å². The van der Waals surface area contributed by atoms with Gasteiger partial charge in [0, 0.05) is 35.6 Å². The van der Waals surface area contributed by atoms with E-state index in [0.717, 1.165) is 18.8 Å². The van der Waals surface area contributed by atoms with Gasteiger partial charge >= 0.3 is 0 Å². The summed E-state index contributed by atoms with van der Waals surface area (Å²) in [7, 11) is 0. The zero-order valence-corrected chi connectivity index (χ0v) is 13.2. The smallest absolute Gasteiger partial charge is 0.256 e. The Morgan fingerprint density at radius 1 is 0.957 bits per heavy atom. The first kappa shape index (κ1) is 16.5. The molecule has 0 aliphatic rings. The van der Waals surface area contributed by atoms with E-state index in [0.29, 0.717) is 5.69 Å². The molecule has 2 aromatic carbocycles. The highest BCUT2D eigenvalue weighted by Crippen LogP contribution is 2.19. The van der Waals surface area contributed by atoms with Gasteiger partial charge in [0.2, 0.25) is 0 Å². The van der Waals surface area contributed by atoms with Crippen molar-refractivity contribution in [2.24, 2.45) is 0 Å². The van der Waals surface area contributed by atoms with Gasteiger partial charge < -0.3 is 20.1 Å². The number of hydrogen-bond acceptors (Lipinski definition) is 4. The first-order chi connectivity index (χ1) is 11.1. The zero-order chi connectivity index (χ0) is 16.8. The second-order valence-corrected chi connectivity index (χ2v) is 5.01. The topological polar surface area (TPSA) is 72.5 Å². The minimum absolute atomic E-state index is 0.0836. The summed E-state index contributed by atoms with van der Waals surface area (Å²) >= 11 is 0. The summed E-state index contributed by atoms with van der Waals surface area (Å²) in [5.74, 6) is -1.84. The summed E-state index contributed by atoms with van der Waals surface area (Å²) in [5, 5.41) is 13.8. The van der Waals surface area contributed by atoms with Crippen molar-refractivity contribution in [1.29, 1.82) is 0 Å². The summed E-state index contributed by atoms with van der Waals surface area (Å²) < 4.78 is 0. The number of carboxylic acids is 1. The third kappa shape index (κ3) is 3.88. The third-order valence-corrected chi connectivity index (χ3v) is 3.65. The fourth-order valence-corrected chi connectivity index (χ4v) is 2.40. The minimum atomic E-state index is -1.37. The van der Waals surface area contributed by atoms with Crippen LogP contribution in [0.3, 0.4) is 0 Å². The van der Waals surface area contributed by atoms with Crippen molar-refractivity contribution in [3.63, 3.8) is 0 Å². The van der Waals surface area contributed by atoms with Crippen LogP contribution in [0.2, 0.25) is 0 Å². The van der Waals surface area contributed by atoms with E-state index in [1.165, 1.54) is 12.1 Å². The van der Waals surface area contributed by atoms with Crippen LogP contribution in [-0.4, -0.2) is 25.0 Å². The van der Waals surface area contributed by atoms with Crippen LogP contribution in [0.1, 0.15) is 34.6 Å². The molecule has 0 radical (unpaired) electrons. The number of carboxylic acid groups (broad SMARTS) is 1. The maximum Gasteiger partial charge on any atom is 0.256 e. The van der Waals surface area contributed by atoms with E-state index in [9.17, 15) is 14.7 Å². The quantitative estimate of drug-likeness (QED) is 0.887. The number of rotatable bonds is 6. The van der Waals surface area contributed by atoms with E-state index in [1.54, 1.807) is 24.3 Å². The van der Waals surface area contributed by atoms with Gasteiger partial charge in [-0.15, -0.1) is 0 Å². The van der Waals surface area contributed by atoms with Crippen LogP contribution in [-0.2, 0) is 0 Å². The Kier molecular flexibility index (Phi) is 5.36. The number of nitrogens with one attached hydrogen (secondary N) is 1. The van der Waals surface area contributed by atoms with Crippen LogP contribution in [0, 0.1) is 0 Å². The zero-order valence-electron chi connectivity index (χ0n) is 13.2. The van der Waals surface area contributed by atoms with Gasteiger partial charge in [0.25, 0.3) is 5.91 Å². The van der Waals surface area contributed by atoms with Crippen LogP contribution < -0.4 is 15.3 Å². The van der Waals surface area contributed by atoms with Gasteiger partial charge in [-0.25, -0.2) is 0 Å². The molecule has 2 aromatic rings. The Bertz CT molecular complexity index is 692. The Morgan fingerprint density at radius 2 is 1.52 bits per heavy atom. The minimum Gasteiger partial charge on any atom is -0.545 e. The highest BCUT2D eigenvalue weighted by molar-refractivity contribution is 6.10. The number of nitrogens with zero attached hydrogens (tertiary/aromatic N) is 1. The van der Waals surface area contributed by atoms with Crippen molar-refractivity contribution < 1.29 is 14.7 Å². The number of amides is 1. The molecule has 5 heteroatoms. The van der Waals surface area contributed by atoms with E-state index in [2.05, 4.69) is 24.1 Å². The molecule has 1 N–H and O–H groups in total. The number of aromatic carboxylic acids is 1. The molecule has 0 unspecified atom stereocenters. The fourth-order valence-electron chi connectivity index (χ4n) is 2.40. The van der Waals surface area contributed by atoms with Crippen molar-refractivity contribution in [2.75, 3.05) is 23.3 Å². The highest BCUT2D eigenvalue weighted by Gasteiger charge is 2.12. The average Bonchev–Trinajstić information content (AvgIpc) is 2.57. The largest absolute Gasteiger partial charge is 0.545 e. The molecule has 0 aliphatic heterocycles. The van der Waals surface area contributed by atoms with E-state index in [1.807, 2.05) is 12.1 Å². The summed E-state index contributed by atoms with van der Waals surface area (Å²) in [5.41, 5.74) is 1.65. The summed E-state index contributed by atoms with van der Waals surface area (Å²) in [4.78, 5) is 25.5.